The highest BCUT2D eigenvalue weighted by molar-refractivity contribution is 6.19. The number of nitrogens with one attached hydrogen (secondary N) is 2. The number of nitrogen functional groups attached to an aromatic ring is 1. The van der Waals surface area contributed by atoms with Gasteiger partial charge in [-0.2, -0.15) is 15.0 Å². The molecule has 92 heavy (non-hydrogen) atoms. The van der Waals surface area contributed by atoms with Gasteiger partial charge in [0.25, 0.3) is 0 Å². The maximum atomic E-state index is 15.6. The Balaban J connectivity index is 0.000000344. The Labute approximate surface area is 547 Å². The second kappa shape index (κ2) is 35.7. The smallest absolute Gasteiger partial charge is 0.351 e. The molecule has 6 N–H and O–H groups in total. The summed E-state index contributed by atoms with van der Waals surface area (Å²) in [5, 5.41) is 24.7. The minimum absolute atomic E-state index is 0.0445. The van der Waals surface area contributed by atoms with Crippen LogP contribution < -0.4 is 33.4 Å². The first-order valence-corrected chi connectivity index (χ1v) is 30.6. The van der Waals surface area contributed by atoms with Gasteiger partial charge in [0.15, 0.2) is 60.6 Å². The number of nitrogens with two attached hydrogens (primary N) is 1. The predicted octanol–water partition coefficient (Wildman–Crippen LogP) is 4.96. The summed E-state index contributed by atoms with van der Waals surface area (Å²) in [5.74, 6) is -6.49. The SMILES string of the molecule is CC(C)C(=O)OC(=O)C(C)C.CC(C)C(=O)OC[C@@]1(CCl)O[C@@H](n2ccc(N)nc2=O)[C@H](F)[C@@H]1OC(=O)C(C)C.[3H]CCNc1ccn([C@@H]2O[C@@](CO)(CCl)[C@@H](O)[C@H]2F)c(=O)n1.[3H]CCNc1ccn([C@@H]2O[C@](CCl)(COC(=O)C(C)C)[C@@H](OC(=O)C(C)C)[C@H]2F)c(=O)n1. The van der Waals surface area contributed by atoms with E-state index >= 15 is 8.78 Å². The fraction of sp³-hybridized carbons (Fsp3) is 0.690. The molecule has 0 aliphatic carbocycles. The first-order valence-electron chi connectivity index (χ1n) is 30.4. The van der Waals surface area contributed by atoms with Crippen LogP contribution in [0.3, 0.4) is 0 Å². The Morgan fingerprint density at radius 3 is 1.18 bits per heavy atom. The highest BCUT2D eigenvalue weighted by Gasteiger charge is 2.61. The average Bonchev–Trinajstić information content (AvgIpc) is 1.62. The molecule has 0 amide bonds. The van der Waals surface area contributed by atoms with Crippen LogP contribution in [0.25, 0.3) is 0 Å². The number of ether oxygens (including phenoxy) is 8. The molecule has 0 unspecified atom stereocenters. The van der Waals surface area contributed by atoms with Crippen molar-refractivity contribution in [2.75, 3.05) is 66.9 Å². The standard InChI is InChI=1S/C20H29ClFN3O6.C18H25ClFN3O6.C12H17ClFN3O4.C8H14O3/c1-6-23-13-7-8-25(19(28)24-13)16-14(22)15(30-18(27)12(4)5)20(9-21,31-16)10-29-17(26)11(2)3;1-9(2)15(24)27-8-18(7-19)13(28-16(25)10(3)4)12(20)14(29-18)23-6-5-11(21)22-17(23)26;1-2-15-7-3-4-17(11(20)16-7)10-8(14)9(19)12(5-13,6-18)21-10;1-5(2)7(9)11-8(10)6(3)4/h7-8,11-12,14-16H,6,9-10H2,1-5H3,(H,23,24,28);5-6,9-10,12-14H,7-8H2,1-4H3,(H2,21,22,26);3-4,8-10,18-19H,2,5-6H2,1H3,(H,15,16,20);5-6H,1-4H3/t14-,15+,16-,20-;12-,13+,14-,18-;8-,9+,10-,12-;/m111./s1/i1T;;1T;. The number of carbonyl (C=O) groups excluding carboxylic acids is 6. The van der Waals surface area contributed by atoms with E-state index in [9.17, 15) is 57.8 Å². The van der Waals surface area contributed by atoms with E-state index < -0.39 is 169 Å². The summed E-state index contributed by atoms with van der Waals surface area (Å²) >= 11 is 17.8. The number of aromatic nitrogens is 6. The number of hydrogen-bond acceptors (Lipinski definition) is 25. The summed E-state index contributed by atoms with van der Waals surface area (Å²) in [4.78, 5) is 118. The molecule has 3 aliphatic heterocycles. The van der Waals surface area contributed by atoms with Gasteiger partial charge in [0, 0.05) is 34.4 Å². The molecule has 0 radical (unpaired) electrons. The number of aliphatic hydroxyl groups excluding tert-OH is 2. The van der Waals surface area contributed by atoms with E-state index in [-0.39, 0.29) is 67.3 Å². The molecule has 6 rings (SSSR count). The van der Waals surface area contributed by atoms with Crippen LogP contribution in [0.5, 0.6) is 0 Å². The van der Waals surface area contributed by atoms with Crippen molar-refractivity contribution in [2.45, 2.75) is 169 Å². The normalized spacial score (nSPS) is 26.0. The maximum Gasteiger partial charge on any atom is 0.351 e. The molecule has 0 spiro atoms. The van der Waals surface area contributed by atoms with Gasteiger partial charge in [0.1, 0.15) is 42.4 Å². The van der Waals surface area contributed by atoms with Crippen LogP contribution in [0.4, 0.5) is 30.6 Å². The number of aliphatic hydroxyl groups is 2. The van der Waals surface area contributed by atoms with E-state index in [1.807, 2.05) is 0 Å². The molecule has 3 saturated heterocycles. The van der Waals surface area contributed by atoms with Crippen LogP contribution in [0.15, 0.2) is 51.2 Å². The third-order valence-corrected chi connectivity index (χ3v) is 15.0. The van der Waals surface area contributed by atoms with E-state index in [1.165, 1.54) is 36.8 Å². The van der Waals surface area contributed by atoms with Crippen LogP contribution in [0.2, 0.25) is 0 Å². The number of anilines is 3. The van der Waals surface area contributed by atoms with Crippen molar-refractivity contribution >= 4 is 88.1 Å². The molecular formula is C58H85Cl3F3N9O19. The van der Waals surface area contributed by atoms with Gasteiger partial charge in [-0.05, 0) is 32.0 Å². The first kappa shape index (κ1) is 76.2. The first-order chi connectivity index (χ1) is 44.0. The van der Waals surface area contributed by atoms with Gasteiger partial charge < -0.3 is 64.5 Å². The van der Waals surface area contributed by atoms with Crippen molar-refractivity contribution in [3.63, 3.8) is 0 Å². The van der Waals surface area contributed by atoms with Gasteiger partial charge >= 0.3 is 52.9 Å². The molecular weight excluding hydrogens is 1290 g/mol. The van der Waals surface area contributed by atoms with Crippen LogP contribution in [0.1, 0.15) is 118 Å². The van der Waals surface area contributed by atoms with Crippen molar-refractivity contribution in [3.05, 3.63) is 68.2 Å². The minimum Gasteiger partial charge on any atom is -0.462 e. The van der Waals surface area contributed by atoms with Gasteiger partial charge in [-0.15, -0.1) is 34.8 Å². The highest BCUT2D eigenvalue weighted by atomic mass is 35.5. The lowest BCUT2D eigenvalue weighted by Gasteiger charge is -2.32. The second-order valence-corrected chi connectivity index (χ2v) is 23.9. The molecule has 3 aromatic heterocycles. The zero-order chi connectivity index (χ0) is 71.3. The molecule has 3 aliphatic rings. The zero-order valence-electron chi connectivity index (χ0n) is 55.1. The lowest BCUT2D eigenvalue weighted by Crippen LogP contribution is -2.51. The lowest BCUT2D eigenvalue weighted by molar-refractivity contribution is -0.178. The summed E-state index contributed by atoms with van der Waals surface area (Å²) in [5.41, 5.74) is -2.03. The number of nitrogens with zero attached hydrogens (tertiary/aromatic N) is 6. The lowest BCUT2D eigenvalue weighted by atomic mass is 9.98. The van der Waals surface area contributed by atoms with Gasteiger partial charge in [-0.25, -0.2) is 27.6 Å². The number of esters is 6. The summed E-state index contributed by atoms with van der Waals surface area (Å²) in [7, 11) is 0. The third-order valence-electron chi connectivity index (χ3n) is 13.7. The number of carbonyl (C=O) groups is 6. The summed E-state index contributed by atoms with van der Waals surface area (Å²) in [6.45, 7) is 18.8. The Morgan fingerprint density at radius 1 is 0.565 bits per heavy atom. The van der Waals surface area contributed by atoms with Crippen molar-refractivity contribution in [1.82, 2.24) is 28.7 Å². The second-order valence-electron chi connectivity index (χ2n) is 23.1. The fourth-order valence-corrected chi connectivity index (χ4v) is 8.98. The molecule has 12 atom stereocenters. The molecule has 28 nitrogen and oxygen atoms in total. The summed E-state index contributed by atoms with van der Waals surface area (Å²) in [6, 6.07) is 4.16. The average molecular weight is 1380 g/mol. The van der Waals surface area contributed by atoms with E-state index in [0.29, 0.717) is 6.54 Å². The number of rotatable bonds is 23. The van der Waals surface area contributed by atoms with E-state index in [2.05, 4.69) is 30.3 Å². The molecule has 0 aromatic carbocycles. The number of hydrogen-bond donors (Lipinski definition) is 5. The number of alkyl halides is 6. The van der Waals surface area contributed by atoms with Crippen molar-refractivity contribution in [1.29, 1.82) is 0 Å². The van der Waals surface area contributed by atoms with E-state index in [4.69, 9.17) is 76.4 Å². The monoisotopic (exact) mass is 1380 g/mol. The Kier molecular flexibility index (Phi) is 29.6. The van der Waals surface area contributed by atoms with Gasteiger partial charge in [0.2, 0.25) is 0 Å². The predicted molar refractivity (Wildman–Crippen MR) is 329 cm³/mol. The van der Waals surface area contributed by atoms with E-state index in [1.54, 1.807) is 83.1 Å². The van der Waals surface area contributed by atoms with Crippen LogP contribution in [-0.4, -0.2) is 179 Å². The molecule has 34 heteroatoms. The third kappa shape index (κ3) is 20.3. The molecule has 0 bridgehead atoms. The van der Waals surface area contributed by atoms with Crippen molar-refractivity contribution in [2.24, 2.45) is 35.5 Å². The van der Waals surface area contributed by atoms with Crippen LogP contribution >= 0.6 is 34.8 Å². The molecule has 0 saturated carbocycles. The number of halogens is 6. The van der Waals surface area contributed by atoms with Crippen LogP contribution in [-0.2, 0) is 66.7 Å². The summed E-state index contributed by atoms with van der Waals surface area (Å²) < 4.78 is 105. The van der Waals surface area contributed by atoms with Crippen LogP contribution in [0, 0.1) is 35.5 Å². The quantitative estimate of drug-likeness (QED) is 0.0362. The fourth-order valence-electron chi connectivity index (χ4n) is 8.09. The van der Waals surface area contributed by atoms with E-state index in [0.717, 1.165) is 13.7 Å². The zero-order valence-corrected chi connectivity index (χ0v) is 55.3. The van der Waals surface area contributed by atoms with Gasteiger partial charge in [0.05, 0.1) is 59.8 Å². The molecule has 3 fully saturated rings. The largest absolute Gasteiger partial charge is 0.462 e. The Hall–Kier alpha value is -6.48. The molecule has 518 valence electrons. The summed E-state index contributed by atoms with van der Waals surface area (Å²) in [6.07, 6.45) is -11.3. The topological polar surface area (TPSA) is 371 Å². The Morgan fingerprint density at radius 2 is 0.891 bits per heavy atom. The van der Waals surface area contributed by atoms with Crippen molar-refractivity contribution < 1.29 is 92.8 Å². The maximum absolute atomic E-state index is 15.6. The minimum atomic E-state index is -1.99. The van der Waals surface area contributed by atoms with Gasteiger partial charge in [-0.3, -0.25) is 42.5 Å². The van der Waals surface area contributed by atoms with Crippen molar-refractivity contribution in [3.8, 4) is 0 Å². The molecule has 6 heterocycles. The van der Waals surface area contributed by atoms with Gasteiger partial charge in [-0.1, -0.05) is 83.1 Å². The highest BCUT2D eigenvalue weighted by Crippen LogP contribution is 2.44. The Bertz CT molecular complexity index is 3170. The molecule has 3 aromatic rings.